The highest BCUT2D eigenvalue weighted by atomic mass is 32.2. The van der Waals surface area contributed by atoms with E-state index in [1.807, 2.05) is 31.2 Å². The first-order valence-corrected chi connectivity index (χ1v) is 10.1. The minimum atomic E-state index is -0.0592. The molecule has 1 heterocycles. The van der Waals surface area contributed by atoms with E-state index in [9.17, 15) is 9.59 Å². The van der Waals surface area contributed by atoms with Crippen molar-refractivity contribution in [1.82, 2.24) is 20.2 Å². The van der Waals surface area contributed by atoms with Gasteiger partial charge in [-0.05, 0) is 53.2 Å². The summed E-state index contributed by atoms with van der Waals surface area (Å²) >= 11 is 1.24. The van der Waals surface area contributed by atoms with Crippen LogP contribution in [0.5, 0.6) is 5.75 Å². The standard InChI is InChI=1S/C20H21N5O3S/c1-3-6-19(27)21-15-11-9-14(10-12-15)17(26)13-29-20-22-23-24-25(20)16-7-4-5-8-18(16)28-2/h4-5,7-12H,3,6,13H2,1-2H3,(H,21,27). The molecule has 0 aliphatic heterocycles. The fourth-order valence-electron chi connectivity index (χ4n) is 2.63. The Morgan fingerprint density at radius 3 is 2.62 bits per heavy atom. The molecule has 0 saturated carbocycles. The van der Waals surface area contributed by atoms with Crippen molar-refractivity contribution in [3.05, 3.63) is 54.1 Å². The third kappa shape index (κ3) is 5.20. The van der Waals surface area contributed by atoms with Crippen molar-refractivity contribution < 1.29 is 14.3 Å². The molecule has 0 radical (unpaired) electrons. The first kappa shape index (κ1) is 20.5. The minimum Gasteiger partial charge on any atom is -0.494 e. The summed E-state index contributed by atoms with van der Waals surface area (Å²) in [5.74, 6) is 0.715. The number of Topliss-reactive ketones (excluding diaryl/α,β-unsaturated/α-hetero) is 1. The zero-order valence-corrected chi connectivity index (χ0v) is 17.0. The third-order valence-corrected chi connectivity index (χ3v) is 4.97. The summed E-state index contributed by atoms with van der Waals surface area (Å²) in [5, 5.41) is 15.0. The lowest BCUT2D eigenvalue weighted by atomic mass is 10.1. The first-order valence-electron chi connectivity index (χ1n) is 9.10. The Hall–Kier alpha value is -3.20. The van der Waals surface area contributed by atoms with Gasteiger partial charge in [-0.2, -0.15) is 4.68 Å². The van der Waals surface area contributed by atoms with Gasteiger partial charge in [0.15, 0.2) is 5.78 Å². The molecule has 2 aromatic carbocycles. The van der Waals surface area contributed by atoms with Crippen molar-refractivity contribution in [2.24, 2.45) is 0 Å². The fraction of sp³-hybridized carbons (Fsp3) is 0.250. The number of anilines is 1. The summed E-state index contributed by atoms with van der Waals surface area (Å²) in [4.78, 5) is 24.2. The second-order valence-electron chi connectivity index (χ2n) is 6.13. The normalized spacial score (nSPS) is 10.6. The summed E-state index contributed by atoms with van der Waals surface area (Å²) in [6.07, 6.45) is 1.26. The molecule has 1 aromatic heterocycles. The second-order valence-corrected chi connectivity index (χ2v) is 7.07. The number of thioether (sulfide) groups is 1. The van der Waals surface area contributed by atoms with Crippen molar-refractivity contribution in [2.45, 2.75) is 24.9 Å². The van der Waals surface area contributed by atoms with E-state index >= 15 is 0 Å². The predicted molar refractivity (Wildman–Crippen MR) is 111 cm³/mol. The number of hydrogen-bond donors (Lipinski definition) is 1. The Morgan fingerprint density at radius 1 is 1.14 bits per heavy atom. The maximum absolute atomic E-state index is 12.5. The molecule has 3 aromatic rings. The van der Waals surface area contributed by atoms with Gasteiger partial charge >= 0.3 is 0 Å². The Morgan fingerprint density at radius 2 is 1.90 bits per heavy atom. The molecule has 0 aliphatic carbocycles. The molecule has 150 valence electrons. The number of tetrazole rings is 1. The molecule has 3 rings (SSSR count). The van der Waals surface area contributed by atoms with Crippen LogP contribution in [0.15, 0.2) is 53.7 Å². The molecule has 1 amide bonds. The number of carbonyl (C=O) groups excluding carboxylic acids is 2. The number of hydrogen-bond acceptors (Lipinski definition) is 7. The lowest BCUT2D eigenvalue weighted by Crippen LogP contribution is -2.11. The van der Waals surface area contributed by atoms with Gasteiger partial charge in [0.2, 0.25) is 11.1 Å². The topological polar surface area (TPSA) is 99.0 Å². The van der Waals surface area contributed by atoms with Crippen molar-refractivity contribution >= 4 is 29.1 Å². The summed E-state index contributed by atoms with van der Waals surface area (Å²) in [7, 11) is 1.58. The summed E-state index contributed by atoms with van der Waals surface area (Å²) in [6.45, 7) is 1.95. The largest absolute Gasteiger partial charge is 0.494 e. The molecule has 0 atom stereocenters. The maximum atomic E-state index is 12.5. The summed E-state index contributed by atoms with van der Waals surface area (Å²) < 4.78 is 6.90. The Labute approximate surface area is 172 Å². The number of nitrogens with one attached hydrogen (secondary N) is 1. The molecule has 0 fully saturated rings. The number of methoxy groups -OCH3 is 1. The number of carbonyl (C=O) groups is 2. The van der Waals surface area contributed by atoms with Crippen LogP contribution in [-0.2, 0) is 4.79 Å². The number of para-hydroxylation sites is 2. The van der Waals surface area contributed by atoms with Gasteiger partial charge in [-0.3, -0.25) is 9.59 Å². The van der Waals surface area contributed by atoms with Crippen LogP contribution in [0.3, 0.4) is 0 Å². The molecule has 0 spiro atoms. The zero-order valence-electron chi connectivity index (χ0n) is 16.2. The number of nitrogens with zero attached hydrogens (tertiary/aromatic N) is 4. The Balaban J connectivity index is 1.65. The zero-order chi connectivity index (χ0) is 20.6. The second kappa shape index (κ2) is 9.83. The van der Waals surface area contributed by atoms with Crippen molar-refractivity contribution in [3.63, 3.8) is 0 Å². The Bertz CT molecular complexity index is 988. The molecule has 9 heteroatoms. The van der Waals surface area contributed by atoms with Crippen molar-refractivity contribution in [2.75, 3.05) is 18.2 Å². The third-order valence-electron chi connectivity index (χ3n) is 4.05. The fourth-order valence-corrected chi connectivity index (χ4v) is 3.41. The van der Waals surface area contributed by atoms with Crippen LogP contribution in [0, 0.1) is 0 Å². The van der Waals surface area contributed by atoms with Crippen LogP contribution in [0.1, 0.15) is 30.1 Å². The smallest absolute Gasteiger partial charge is 0.224 e. The van der Waals surface area contributed by atoms with Crippen LogP contribution in [0.4, 0.5) is 5.69 Å². The van der Waals surface area contributed by atoms with E-state index in [1.54, 1.807) is 36.1 Å². The van der Waals surface area contributed by atoms with E-state index in [0.717, 1.165) is 6.42 Å². The highest BCUT2D eigenvalue weighted by Crippen LogP contribution is 2.26. The molecule has 0 aliphatic rings. The highest BCUT2D eigenvalue weighted by molar-refractivity contribution is 7.99. The predicted octanol–water partition coefficient (Wildman–Crippen LogP) is 3.38. The van der Waals surface area contributed by atoms with Gasteiger partial charge in [-0.15, -0.1) is 5.10 Å². The number of ketones is 1. The molecular formula is C20H21N5O3S. The van der Waals surface area contributed by atoms with Gasteiger partial charge in [0.25, 0.3) is 0 Å². The average molecular weight is 411 g/mol. The van der Waals surface area contributed by atoms with Crippen molar-refractivity contribution in [3.8, 4) is 11.4 Å². The lowest BCUT2D eigenvalue weighted by Gasteiger charge is -2.09. The lowest BCUT2D eigenvalue weighted by molar-refractivity contribution is -0.116. The highest BCUT2D eigenvalue weighted by Gasteiger charge is 2.15. The van der Waals surface area contributed by atoms with Gasteiger partial charge in [0, 0.05) is 17.7 Å². The number of benzene rings is 2. The molecule has 0 bridgehead atoms. The van der Waals surface area contributed by atoms with Crippen LogP contribution in [0.25, 0.3) is 5.69 Å². The van der Waals surface area contributed by atoms with E-state index in [1.165, 1.54) is 11.8 Å². The van der Waals surface area contributed by atoms with E-state index in [2.05, 4.69) is 20.8 Å². The van der Waals surface area contributed by atoms with E-state index in [4.69, 9.17) is 4.74 Å². The Kier molecular flexibility index (Phi) is 6.96. The van der Waals surface area contributed by atoms with Gasteiger partial charge in [-0.1, -0.05) is 30.8 Å². The van der Waals surface area contributed by atoms with E-state index in [-0.39, 0.29) is 17.4 Å². The molecule has 1 N–H and O–H groups in total. The number of amides is 1. The molecule has 0 unspecified atom stereocenters. The van der Waals surface area contributed by atoms with Crippen LogP contribution < -0.4 is 10.1 Å². The molecule has 8 nitrogen and oxygen atoms in total. The van der Waals surface area contributed by atoms with Gasteiger partial charge < -0.3 is 10.1 Å². The van der Waals surface area contributed by atoms with Gasteiger partial charge in [-0.25, -0.2) is 0 Å². The number of ether oxygens (including phenoxy) is 1. The SMILES string of the molecule is CCCC(=O)Nc1ccc(C(=O)CSc2nnnn2-c2ccccc2OC)cc1. The monoisotopic (exact) mass is 411 g/mol. The minimum absolute atomic E-state index is 0.0368. The van der Waals surface area contributed by atoms with Crippen LogP contribution in [-0.4, -0.2) is 44.8 Å². The maximum Gasteiger partial charge on any atom is 0.224 e. The van der Waals surface area contributed by atoms with Crippen LogP contribution >= 0.6 is 11.8 Å². The van der Waals surface area contributed by atoms with Crippen LogP contribution in [0.2, 0.25) is 0 Å². The van der Waals surface area contributed by atoms with Crippen molar-refractivity contribution in [1.29, 1.82) is 0 Å². The molecular weight excluding hydrogens is 390 g/mol. The van der Waals surface area contributed by atoms with E-state index in [0.29, 0.717) is 34.3 Å². The van der Waals surface area contributed by atoms with E-state index < -0.39 is 0 Å². The van der Waals surface area contributed by atoms with Gasteiger partial charge in [0.1, 0.15) is 11.4 Å². The first-order chi connectivity index (χ1) is 14.1. The quantitative estimate of drug-likeness (QED) is 0.426. The molecule has 0 saturated heterocycles. The summed E-state index contributed by atoms with van der Waals surface area (Å²) in [6, 6.07) is 14.2. The van der Waals surface area contributed by atoms with Gasteiger partial charge in [0.05, 0.1) is 12.9 Å². The summed E-state index contributed by atoms with van der Waals surface area (Å²) in [5.41, 5.74) is 1.93. The average Bonchev–Trinajstić information content (AvgIpc) is 3.21. The molecule has 29 heavy (non-hydrogen) atoms. The number of aromatic nitrogens is 4. The number of rotatable bonds is 9.